The van der Waals surface area contributed by atoms with Gasteiger partial charge in [0, 0.05) is 6.07 Å². The minimum absolute atomic E-state index is 0.00957. The highest BCUT2D eigenvalue weighted by atomic mass is 35.5. The van der Waals surface area contributed by atoms with E-state index in [4.69, 9.17) is 23.2 Å². The molecule has 0 N–H and O–H groups in total. The molecule has 1 aromatic carbocycles. The van der Waals surface area contributed by atoms with Crippen molar-refractivity contribution in [3.8, 4) is 0 Å². The van der Waals surface area contributed by atoms with Gasteiger partial charge in [-0.1, -0.05) is 23.2 Å². The van der Waals surface area contributed by atoms with Crippen molar-refractivity contribution < 1.29 is 13.2 Å². The van der Waals surface area contributed by atoms with Crippen LogP contribution in [-0.2, 0) is 6.18 Å². The van der Waals surface area contributed by atoms with Crippen molar-refractivity contribution in [2.75, 3.05) is 0 Å². The van der Waals surface area contributed by atoms with E-state index < -0.39 is 11.7 Å². The lowest BCUT2D eigenvalue weighted by atomic mass is 10.2. The van der Waals surface area contributed by atoms with Gasteiger partial charge in [-0.05, 0) is 12.1 Å². The summed E-state index contributed by atoms with van der Waals surface area (Å²) in [7, 11) is 0. The van der Waals surface area contributed by atoms with Crippen molar-refractivity contribution >= 4 is 23.2 Å². The molecule has 0 aromatic heterocycles. The van der Waals surface area contributed by atoms with E-state index in [9.17, 15) is 13.2 Å². The quantitative estimate of drug-likeness (QED) is 0.615. The van der Waals surface area contributed by atoms with Crippen LogP contribution in [0, 0.1) is 6.07 Å². The van der Waals surface area contributed by atoms with Gasteiger partial charge in [0.15, 0.2) is 0 Å². The summed E-state index contributed by atoms with van der Waals surface area (Å²) in [5.74, 6) is 0. The van der Waals surface area contributed by atoms with Gasteiger partial charge in [0.1, 0.15) is 0 Å². The third-order valence-electron chi connectivity index (χ3n) is 1.17. The van der Waals surface area contributed by atoms with Crippen LogP contribution in [0.4, 0.5) is 13.2 Å². The predicted octanol–water partition coefficient (Wildman–Crippen LogP) is 3.81. The lowest BCUT2D eigenvalue weighted by Crippen LogP contribution is -2.04. The van der Waals surface area contributed by atoms with E-state index >= 15 is 0 Å². The molecule has 65 valence electrons. The summed E-state index contributed by atoms with van der Waals surface area (Å²) < 4.78 is 35.9. The van der Waals surface area contributed by atoms with E-state index in [1.54, 1.807) is 0 Å². The van der Waals surface area contributed by atoms with E-state index in [-0.39, 0.29) is 10.0 Å². The van der Waals surface area contributed by atoms with E-state index in [1.165, 1.54) is 0 Å². The number of hydrogen-bond acceptors (Lipinski definition) is 0. The van der Waals surface area contributed by atoms with Gasteiger partial charge in [-0.15, -0.1) is 0 Å². The average Bonchev–Trinajstić information content (AvgIpc) is 1.92. The normalized spacial score (nSPS) is 11.8. The van der Waals surface area contributed by atoms with Crippen molar-refractivity contribution in [1.82, 2.24) is 0 Å². The van der Waals surface area contributed by atoms with Gasteiger partial charge in [0.05, 0.1) is 15.6 Å². The first-order valence-corrected chi connectivity index (χ1v) is 3.61. The largest absolute Gasteiger partial charge is 0.416 e. The van der Waals surface area contributed by atoms with Crippen LogP contribution in [0.2, 0.25) is 10.0 Å². The van der Waals surface area contributed by atoms with Crippen molar-refractivity contribution in [2.24, 2.45) is 0 Å². The van der Waals surface area contributed by atoms with Crippen LogP contribution in [0.5, 0.6) is 0 Å². The van der Waals surface area contributed by atoms with Crippen LogP contribution in [0.1, 0.15) is 5.56 Å². The average molecular weight is 214 g/mol. The Morgan fingerprint density at radius 3 is 2.25 bits per heavy atom. The Morgan fingerprint density at radius 2 is 1.83 bits per heavy atom. The highest BCUT2D eigenvalue weighted by Crippen LogP contribution is 2.32. The monoisotopic (exact) mass is 213 g/mol. The Kier molecular flexibility index (Phi) is 2.54. The number of rotatable bonds is 0. The van der Waals surface area contributed by atoms with Crippen LogP contribution in [0.3, 0.4) is 0 Å². The molecule has 0 fully saturated rings. The second-order valence-corrected chi connectivity index (χ2v) is 2.83. The predicted molar refractivity (Wildman–Crippen MR) is 40.3 cm³/mol. The molecule has 0 amide bonds. The summed E-state index contributed by atoms with van der Waals surface area (Å²) in [6.07, 6.45) is -4.40. The van der Waals surface area contributed by atoms with E-state index in [0.717, 1.165) is 12.1 Å². The number of alkyl halides is 3. The van der Waals surface area contributed by atoms with Crippen molar-refractivity contribution in [3.05, 3.63) is 33.8 Å². The molecular weight excluding hydrogens is 212 g/mol. The van der Waals surface area contributed by atoms with E-state index in [0.29, 0.717) is 0 Å². The summed E-state index contributed by atoms with van der Waals surface area (Å²) in [4.78, 5) is 0. The first-order chi connectivity index (χ1) is 5.41. The minimum Gasteiger partial charge on any atom is -0.166 e. The third-order valence-corrected chi connectivity index (χ3v) is 1.88. The maximum atomic E-state index is 12.0. The SMILES string of the molecule is FC(F)(F)c1c[c]c(Cl)c(Cl)c1. The summed E-state index contributed by atoms with van der Waals surface area (Å²) in [5.41, 5.74) is -0.850. The molecule has 0 aliphatic carbocycles. The Morgan fingerprint density at radius 1 is 1.25 bits per heavy atom. The maximum Gasteiger partial charge on any atom is 0.416 e. The topological polar surface area (TPSA) is 0 Å². The fourth-order valence-electron chi connectivity index (χ4n) is 0.615. The minimum atomic E-state index is -4.40. The summed E-state index contributed by atoms with van der Waals surface area (Å²) in [6, 6.07) is 3.71. The first kappa shape index (κ1) is 9.68. The zero-order valence-corrected chi connectivity index (χ0v) is 7.06. The van der Waals surface area contributed by atoms with Crippen molar-refractivity contribution in [3.63, 3.8) is 0 Å². The van der Waals surface area contributed by atoms with Crippen LogP contribution in [0.15, 0.2) is 12.1 Å². The summed E-state index contributed by atoms with van der Waals surface area (Å²) >= 11 is 10.7. The Labute approximate surface area is 76.9 Å². The molecule has 1 rings (SSSR count). The fourth-order valence-corrected chi connectivity index (χ4v) is 0.896. The first-order valence-electron chi connectivity index (χ1n) is 2.85. The van der Waals surface area contributed by atoms with Crippen LogP contribution < -0.4 is 0 Å². The van der Waals surface area contributed by atoms with Crippen molar-refractivity contribution in [2.45, 2.75) is 6.18 Å². The molecule has 5 heteroatoms. The van der Waals surface area contributed by atoms with Crippen LogP contribution in [-0.4, -0.2) is 0 Å². The molecule has 0 atom stereocenters. The molecule has 12 heavy (non-hydrogen) atoms. The molecule has 0 saturated carbocycles. The standard InChI is InChI=1S/C7H2Cl2F3/c8-5-2-1-4(3-6(5)9)7(10,11)12/h1,3H. The second-order valence-electron chi connectivity index (χ2n) is 2.05. The van der Waals surface area contributed by atoms with Crippen molar-refractivity contribution in [1.29, 1.82) is 0 Å². The zero-order chi connectivity index (χ0) is 9.35. The molecule has 0 bridgehead atoms. The molecule has 0 nitrogen and oxygen atoms in total. The Bertz CT molecular complexity index is 293. The highest BCUT2D eigenvalue weighted by molar-refractivity contribution is 6.41. The number of hydrogen-bond donors (Lipinski definition) is 0. The molecule has 0 aliphatic heterocycles. The van der Waals surface area contributed by atoms with Gasteiger partial charge in [0.25, 0.3) is 0 Å². The number of benzene rings is 1. The summed E-state index contributed by atoms with van der Waals surface area (Å²) in [6.45, 7) is 0. The highest BCUT2D eigenvalue weighted by Gasteiger charge is 2.30. The molecule has 0 heterocycles. The molecule has 0 unspecified atom stereocenters. The second kappa shape index (κ2) is 3.15. The molecule has 1 radical (unpaired) electrons. The van der Waals surface area contributed by atoms with Gasteiger partial charge in [-0.3, -0.25) is 0 Å². The molecule has 0 saturated heterocycles. The molecule has 0 spiro atoms. The van der Waals surface area contributed by atoms with Crippen LogP contribution >= 0.6 is 23.2 Å². The lowest BCUT2D eigenvalue weighted by Gasteiger charge is -2.06. The van der Waals surface area contributed by atoms with E-state index in [1.807, 2.05) is 0 Å². The van der Waals surface area contributed by atoms with Gasteiger partial charge < -0.3 is 0 Å². The summed E-state index contributed by atoms with van der Waals surface area (Å²) in [5, 5.41) is -0.156. The third kappa shape index (κ3) is 2.05. The number of halogens is 5. The van der Waals surface area contributed by atoms with Crippen LogP contribution in [0.25, 0.3) is 0 Å². The maximum absolute atomic E-state index is 12.0. The molecular formula is C7H2Cl2F3. The lowest BCUT2D eigenvalue weighted by molar-refractivity contribution is -0.137. The zero-order valence-electron chi connectivity index (χ0n) is 5.54. The van der Waals surface area contributed by atoms with Gasteiger partial charge in [0.2, 0.25) is 0 Å². The Balaban J connectivity index is 3.14. The molecule has 0 aliphatic rings. The van der Waals surface area contributed by atoms with Gasteiger partial charge in [-0.25, -0.2) is 0 Å². The smallest absolute Gasteiger partial charge is 0.166 e. The Hall–Kier alpha value is -0.410. The van der Waals surface area contributed by atoms with E-state index in [2.05, 4.69) is 6.07 Å². The molecule has 1 aromatic rings. The fraction of sp³-hybridized carbons (Fsp3) is 0.143. The van der Waals surface area contributed by atoms with Gasteiger partial charge >= 0.3 is 6.18 Å². The van der Waals surface area contributed by atoms with Gasteiger partial charge in [-0.2, -0.15) is 13.2 Å².